The summed E-state index contributed by atoms with van der Waals surface area (Å²) in [5, 5.41) is 2.59. The summed E-state index contributed by atoms with van der Waals surface area (Å²) < 4.78 is 43.2. The number of alkyl halides is 2. The smallest absolute Gasteiger partial charge is 0.266 e. The number of aromatic nitrogens is 2. The van der Waals surface area contributed by atoms with Gasteiger partial charge in [0.1, 0.15) is 16.8 Å². The summed E-state index contributed by atoms with van der Waals surface area (Å²) in [6.07, 6.45) is 2.31. The van der Waals surface area contributed by atoms with Crippen LogP contribution in [0.25, 0.3) is 11.1 Å². The minimum Gasteiger partial charge on any atom is -0.332 e. The largest absolute Gasteiger partial charge is 0.332 e. The molecule has 1 unspecified atom stereocenters. The predicted octanol–water partition coefficient (Wildman–Crippen LogP) is 4.67. The molecule has 4 rings (SSSR count). The molecule has 0 radical (unpaired) electrons. The first-order valence-electron chi connectivity index (χ1n) is 10.0. The van der Waals surface area contributed by atoms with Crippen molar-refractivity contribution in [2.75, 3.05) is 18.4 Å². The van der Waals surface area contributed by atoms with Gasteiger partial charge in [-0.2, -0.15) is 0 Å². The molecule has 3 heterocycles. The molecule has 6 nitrogen and oxygen atoms in total. The van der Waals surface area contributed by atoms with Crippen molar-refractivity contribution in [3.63, 3.8) is 0 Å². The second-order valence-electron chi connectivity index (χ2n) is 7.74. The van der Waals surface area contributed by atoms with Crippen molar-refractivity contribution in [1.29, 1.82) is 0 Å². The lowest BCUT2D eigenvalue weighted by Crippen LogP contribution is -2.52. The number of amides is 2. The molecule has 2 aromatic heterocycles. The number of piperidine rings is 1. The fraction of sp³-hybridized carbons (Fsp3) is 0.217. The normalized spacial score (nSPS) is 17.5. The molecule has 1 fully saturated rings. The van der Waals surface area contributed by atoms with Gasteiger partial charge < -0.3 is 10.2 Å². The highest BCUT2D eigenvalue weighted by molar-refractivity contribution is 6.29. The Balaban J connectivity index is 1.56. The molecule has 0 bridgehead atoms. The minimum atomic E-state index is -3.29. The fourth-order valence-electron chi connectivity index (χ4n) is 3.74. The van der Waals surface area contributed by atoms with Crippen LogP contribution in [0.5, 0.6) is 0 Å². The number of anilines is 1. The highest BCUT2D eigenvalue weighted by Gasteiger charge is 2.44. The van der Waals surface area contributed by atoms with Crippen LogP contribution in [0.15, 0.2) is 60.9 Å². The predicted molar refractivity (Wildman–Crippen MR) is 116 cm³/mol. The van der Waals surface area contributed by atoms with E-state index in [0.717, 1.165) is 11.0 Å². The van der Waals surface area contributed by atoms with Crippen molar-refractivity contribution in [1.82, 2.24) is 14.9 Å². The Morgan fingerprint density at radius 1 is 1.09 bits per heavy atom. The number of halogens is 4. The van der Waals surface area contributed by atoms with Gasteiger partial charge in [-0.1, -0.05) is 17.7 Å². The van der Waals surface area contributed by atoms with E-state index in [1.165, 1.54) is 36.7 Å². The Morgan fingerprint density at radius 2 is 1.85 bits per heavy atom. The third-order valence-electron chi connectivity index (χ3n) is 5.19. The van der Waals surface area contributed by atoms with E-state index in [1.54, 1.807) is 18.2 Å². The van der Waals surface area contributed by atoms with Crippen LogP contribution >= 0.6 is 11.6 Å². The van der Waals surface area contributed by atoms with Crippen molar-refractivity contribution in [3.8, 4) is 11.1 Å². The summed E-state index contributed by atoms with van der Waals surface area (Å²) in [5.41, 5.74) is 0.940. The van der Waals surface area contributed by atoms with Gasteiger partial charge >= 0.3 is 0 Å². The molecule has 0 aliphatic carbocycles. The SMILES string of the molecule is O=C(Nc1cccc(Cl)n1)C1CN(C(=O)c2cc(F)cc(-c3ccncc3)c2)CC(F)(F)C1. The number of nitrogens with zero attached hydrogens (tertiary/aromatic N) is 3. The van der Waals surface area contributed by atoms with E-state index in [9.17, 15) is 22.8 Å². The molecule has 0 spiro atoms. The average molecular weight is 475 g/mol. The van der Waals surface area contributed by atoms with E-state index in [4.69, 9.17) is 11.6 Å². The van der Waals surface area contributed by atoms with Gasteiger partial charge in [-0.3, -0.25) is 14.6 Å². The van der Waals surface area contributed by atoms with Crippen molar-refractivity contribution in [2.24, 2.45) is 5.92 Å². The van der Waals surface area contributed by atoms with E-state index in [2.05, 4.69) is 15.3 Å². The lowest BCUT2D eigenvalue weighted by molar-refractivity contribution is -0.130. The Hall–Kier alpha value is -3.46. The monoisotopic (exact) mass is 474 g/mol. The summed E-state index contributed by atoms with van der Waals surface area (Å²) in [5.74, 6) is -6.55. The summed E-state index contributed by atoms with van der Waals surface area (Å²) in [7, 11) is 0. The van der Waals surface area contributed by atoms with Crippen LogP contribution < -0.4 is 5.32 Å². The van der Waals surface area contributed by atoms with Crippen LogP contribution in [0.4, 0.5) is 19.0 Å². The van der Waals surface area contributed by atoms with Crippen molar-refractivity contribution in [2.45, 2.75) is 12.3 Å². The van der Waals surface area contributed by atoms with Crippen LogP contribution in [0.3, 0.4) is 0 Å². The maximum absolute atomic E-state index is 14.5. The fourth-order valence-corrected chi connectivity index (χ4v) is 3.91. The number of benzene rings is 1. The first-order valence-corrected chi connectivity index (χ1v) is 10.4. The van der Waals surface area contributed by atoms with E-state index in [1.807, 2.05) is 0 Å². The molecule has 1 saturated heterocycles. The Bertz CT molecular complexity index is 1190. The van der Waals surface area contributed by atoms with Gasteiger partial charge in [0.25, 0.3) is 11.8 Å². The molecule has 1 aliphatic heterocycles. The van der Waals surface area contributed by atoms with Gasteiger partial charge in [-0.25, -0.2) is 18.2 Å². The van der Waals surface area contributed by atoms with E-state index in [-0.39, 0.29) is 23.1 Å². The van der Waals surface area contributed by atoms with Gasteiger partial charge in [0.05, 0.1) is 12.5 Å². The number of pyridine rings is 2. The molecule has 2 amide bonds. The van der Waals surface area contributed by atoms with Crippen molar-refractivity contribution < 1.29 is 22.8 Å². The van der Waals surface area contributed by atoms with Gasteiger partial charge in [-0.05, 0) is 53.6 Å². The number of nitrogens with one attached hydrogen (secondary N) is 1. The quantitative estimate of drug-likeness (QED) is 0.557. The Morgan fingerprint density at radius 3 is 2.58 bits per heavy atom. The van der Waals surface area contributed by atoms with E-state index >= 15 is 0 Å². The van der Waals surface area contributed by atoms with Crippen LogP contribution in [-0.4, -0.2) is 45.7 Å². The van der Waals surface area contributed by atoms with Crippen LogP contribution in [0, 0.1) is 11.7 Å². The van der Waals surface area contributed by atoms with Crippen LogP contribution in [0.2, 0.25) is 5.15 Å². The van der Waals surface area contributed by atoms with Gasteiger partial charge in [0.15, 0.2) is 0 Å². The first-order chi connectivity index (χ1) is 15.7. The second kappa shape index (κ2) is 9.19. The molecule has 0 saturated carbocycles. The number of carbonyl (C=O) groups excluding carboxylic acids is 2. The van der Waals surface area contributed by atoms with Gasteiger partial charge in [0.2, 0.25) is 5.91 Å². The summed E-state index contributed by atoms with van der Waals surface area (Å²) in [6, 6.07) is 11.5. The molecule has 3 aromatic rings. The number of hydrogen-bond donors (Lipinski definition) is 1. The summed E-state index contributed by atoms with van der Waals surface area (Å²) in [6.45, 7) is -1.12. The highest BCUT2D eigenvalue weighted by Crippen LogP contribution is 2.32. The molecule has 1 atom stereocenters. The zero-order valence-corrected chi connectivity index (χ0v) is 17.9. The molecule has 1 N–H and O–H groups in total. The molecule has 1 aromatic carbocycles. The molecule has 33 heavy (non-hydrogen) atoms. The van der Waals surface area contributed by atoms with Crippen molar-refractivity contribution >= 4 is 29.2 Å². The maximum atomic E-state index is 14.5. The standard InChI is InChI=1S/C23H18ClF3N4O2/c24-19-2-1-3-20(29-19)30-21(32)17-11-23(26,27)13-31(12-17)22(33)16-8-15(9-18(25)10-16)14-4-6-28-7-5-14/h1-10,17H,11-13H2,(H,29,30,32). The summed E-state index contributed by atoms with van der Waals surface area (Å²) in [4.78, 5) is 34.4. The van der Waals surface area contributed by atoms with E-state index < -0.39 is 42.4 Å². The molecular formula is C23H18ClF3N4O2. The lowest BCUT2D eigenvalue weighted by atomic mass is 9.93. The number of carbonyl (C=O) groups is 2. The number of hydrogen-bond acceptors (Lipinski definition) is 4. The molecule has 10 heteroatoms. The Labute approximate surface area is 192 Å². The van der Waals surface area contributed by atoms with Gasteiger partial charge in [-0.15, -0.1) is 0 Å². The van der Waals surface area contributed by atoms with Crippen LogP contribution in [0.1, 0.15) is 16.8 Å². The minimum absolute atomic E-state index is 0.0878. The number of likely N-dealkylation sites (tertiary alicyclic amines) is 1. The zero-order valence-electron chi connectivity index (χ0n) is 17.1. The third-order valence-corrected chi connectivity index (χ3v) is 5.40. The van der Waals surface area contributed by atoms with E-state index in [0.29, 0.717) is 11.1 Å². The van der Waals surface area contributed by atoms with Crippen molar-refractivity contribution in [3.05, 3.63) is 77.5 Å². The zero-order chi connectivity index (χ0) is 23.6. The first kappa shape index (κ1) is 22.7. The average Bonchev–Trinajstić information content (AvgIpc) is 2.77. The topological polar surface area (TPSA) is 75.2 Å². The third kappa shape index (κ3) is 5.48. The summed E-state index contributed by atoms with van der Waals surface area (Å²) >= 11 is 5.79. The Kier molecular flexibility index (Phi) is 6.33. The maximum Gasteiger partial charge on any atom is 0.266 e. The molecule has 1 aliphatic rings. The highest BCUT2D eigenvalue weighted by atomic mass is 35.5. The van der Waals surface area contributed by atoms with Gasteiger partial charge in [0, 0.05) is 30.9 Å². The molecular weight excluding hydrogens is 457 g/mol. The van der Waals surface area contributed by atoms with Crippen LogP contribution in [-0.2, 0) is 4.79 Å². The molecule has 170 valence electrons. The lowest BCUT2D eigenvalue weighted by Gasteiger charge is -2.37. The second-order valence-corrected chi connectivity index (χ2v) is 8.13. The number of rotatable bonds is 4.